The molecule has 0 saturated heterocycles. The van der Waals surface area contributed by atoms with Crippen LogP contribution in [-0.4, -0.2) is 16.9 Å². The number of rotatable bonds is 3. The van der Waals surface area contributed by atoms with Crippen LogP contribution in [0.25, 0.3) is 0 Å². The molecule has 0 spiro atoms. The fourth-order valence-corrected chi connectivity index (χ4v) is 3.93. The minimum atomic E-state index is -0.561. The van der Waals surface area contributed by atoms with E-state index in [1.54, 1.807) is 0 Å². The first kappa shape index (κ1) is 14.8. The van der Waals surface area contributed by atoms with Crippen LogP contribution in [0.1, 0.15) is 64.7 Å². The Balaban J connectivity index is 2.01. The highest BCUT2D eigenvalue weighted by Crippen LogP contribution is 2.37. The van der Waals surface area contributed by atoms with Gasteiger partial charge >= 0.3 is 0 Å². The fourth-order valence-electron chi connectivity index (χ4n) is 3.63. The number of carbonyl (C=O) groups is 1. The molecule has 2 aliphatic carbocycles. The molecular formula is C15H26N2OS. The Hall–Kier alpha value is -0.640. The molecule has 19 heavy (non-hydrogen) atoms. The molecule has 1 amide bonds. The van der Waals surface area contributed by atoms with E-state index in [9.17, 15) is 4.79 Å². The number of nitrogens with two attached hydrogens (primary N) is 1. The van der Waals surface area contributed by atoms with Gasteiger partial charge in [-0.2, -0.15) is 0 Å². The summed E-state index contributed by atoms with van der Waals surface area (Å²) < 4.78 is 0. The Morgan fingerprint density at radius 2 is 1.89 bits per heavy atom. The SMILES string of the molecule is CC1CCCC(NC(=O)C2(C(N)=S)CCCCC2)C1. The normalized spacial score (nSPS) is 30.6. The van der Waals surface area contributed by atoms with Crippen LogP contribution in [0.5, 0.6) is 0 Å². The third-order valence-electron chi connectivity index (χ3n) is 4.89. The van der Waals surface area contributed by atoms with Gasteiger partial charge in [0.1, 0.15) is 0 Å². The minimum absolute atomic E-state index is 0.0961. The summed E-state index contributed by atoms with van der Waals surface area (Å²) in [5.74, 6) is 0.810. The molecule has 0 aliphatic heterocycles. The molecule has 0 heterocycles. The van der Waals surface area contributed by atoms with E-state index in [-0.39, 0.29) is 5.91 Å². The third kappa shape index (κ3) is 3.28. The predicted octanol–water partition coefficient (Wildman–Crippen LogP) is 2.92. The molecule has 4 heteroatoms. The van der Waals surface area contributed by atoms with E-state index >= 15 is 0 Å². The highest BCUT2D eigenvalue weighted by molar-refractivity contribution is 7.80. The molecule has 0 bridgehead atoms. The fraction of sp³-hybridized carbons (Fsp3) is 0.867. The lowest BCUT2D eigenvalue weighted by Crippen LogP contribution is -2.53. The number of thiocarbonyl (C=S) groups is 1. The zero-order chi connectivity index (χ0) is 13.9. The van der Waals surface area contributed by atoms with Crippen molar-refractivity contribution < 1.29 is 4.79 Å². The van der Waals surface area contributed by atoms with Gasteiger partial charge in [-0.3, -0.25) is 4.79 Å². The van der Waals surface area contributed by atoms with Crippen molar-refractivity contribution in [2.45, 2.75) is 70.8 Å². The number of carbonyl (C=O) groups excluding carboxylic acids is 1. The van der Waals surface area contributed by atoms with Crippen LogP contribution in [0.3, 0.4) is 0 Å². The lowest BCUT2D eigenvalue weighted by Gasteiger charge is -2.37. The van der Waals surface area contributed by atoms with Crippen molar-refractivity contribution in [3.63, 3.8) is 0 Å². The summed E-state index contributed by atoms with van der Waals surface area (Å²) in [6, 6.07) is 0.324. The quantitative estimate of drug-likeness (QED) is 0.783. The van der Waals surface area contributed by atoms with Gasteiger partial charge in [-0.05, 0) is 31.6 Å². The molecule has 0 aromatic carbocycles. The van der Waals surface area contributed by atoms with E-state index in [0.717, 1.165) is 38.5 Å². The van der Waals surface area contributed by atoms with Crippen molar-refractivity contribution in [3.8, 4) is 0 Å². The van der Waals surface area contributed by atoms with Crippen molar-refractivity contribution in [1.29, 1.82) is 0 Å². The molecule has 108 valence electrons. The summed E-state index contributed by atoms with van der Waals surface area (Å²) in [4.78, 5) is 13.1. The second-order valence-electron chi connectivity index (χ2n) is 6.45. The third-order valence-corrected chi connectivity index (χ3v) is 5.28. The smallest absolute Gasteiger partial charge is 0.233 e. The lowest BCUT2D eigenvalue weighted by atomic mass is 9.73. The van der Waals surface area contributed by atoms with Crippen LogP contribution in [-0.2, 0) is 4.79 Å². The molecule has 0 aromatic rings. The van der Waals surface area contributed by atoms with Gasteiger partial charge in [-0.1, -0.05) is 51.2 Å². The topological polar surface area (TPSA) is 55.1 Å². The molecular weight excluding hydrogens is 256 g/mol. The maximum atomic E-state index is 12.7. The zero-order valence-corrected chi connectivity index (χ0v) is 12.7. The monoisotopic (exact) mass is 282 g/mol. The van der Waals surface area contributed by atoms with Crippen LogP contribution < -0.4 is 11.1 Å². The summed E-state index contributed by atoms with van der Waals surface area (Å²) in [6.07, 6.45) is 9.67. The van der Waals surface area contributed by atoms with Crippen LogP contribution in [0, 0.1) is 11.3 Å². The van der Waals surface area contributed by atoms with Crippen LogP contribution in [0.15, 0.2) is 0 Å². The minimum Gasteiger partial charge on any atom is -0.392 e. The van der Waals surface area contributed by atoms with Crippen LogP contribution in [0.2, 0.25) is 0 Å². The molecule has 2 atom stereocenters. The van der Waals surface area contributed by atoms with Gasteiger partial charge in [0.15, 0.2) is 0 Å². The van der Waals surface area contributed by atoms with Gasteiger partial charge < -0.3 is 11.1 Å². The summed E-state index contributed by atoms with van der Waals surface area (Å²) in [5.41, 5.74) is 5.34. The van der Waals surface area contributed by atoms with Gasteiger partial charge in [-0.25, -0.2) is 0 Å². The summed E-state index contributed by atoms with van der Waals surface area (Å²) in [7, 11) is 0. The van der Waals surface area contributed by atoms with E-state index in [2.05, 4.69) is 12.2 Å². The Kier molecular flexibility index (Phi) is 4.82. The van der Waals surface area contributed by atoms with Crippen molar-refractivity contribution in [2.75, 3.05) is 0 Å². The Bertz CT molecular complexity index is 350. The van der Waals surface area contributed by atoms with Crippen molar-refractivity contribution in [3.05, 3.63) is 0 Å². The Labute approximate surface area is 121 Å². The molecule has 2 saturated carbocycles. The second-order valence-corrected chi connectivity index (χ2v) is 6.89. The summed E-state index contributed by atoms with van der Waals surface area (Å²) in [5, 5.41) is 3.23. The van der Waals surface area contributed by atoms with E-state index < -0.39 is 5.41 Å². The molecule has 2 rings (SSSR count). The molecule has 0 aromatic heterocycles. The van der Waals surface area contributed by atoms with Crippen molar-refractivity contribution in [2.24, 2.45) is 17.1 Å². The molecule has 3 nitrogen and oxygen atoms in total. The van der Waals surface area contributed by atoms with Gasteiger partial charge in [-0.15, -0.1) is 0 Å². The van der Waals surface area contributed by atoms with Crippen molar-refractivity contribution in [1.82, 2.24) is 5.32 Å². The molecule has 2 aliphatic rings. The van der Waals surface area contributed by atoms with Gasteiger partial charge in [0.25, 0.3) is 0 Å². The first-order chi connectivity index (χ1) is 9.04. The number of nitrogens with one attached hydrogen (secondary N) is 1. The van der Waals surface area contributed by atoms with Gasteiger partial charge in [0.05, 0.1) is 10.4 Å². The number of amides is 1. The summed E-state index contributed by atoms with van der Waals surface area (Å²) >= 11 is 5.21. The number of hydrogen-bond donors (Lipinski definition) is 2. The average molecular weight is 282 g/mol. The Morgan fingerprint density at radius 3 is 2.47 bits per heavy atom. The maximum absolute atomic E-state index is 12.7. The zero-order valence-electron chi connectivity index (χ0n) is 11.9. The first-order valence-electron chi connectivity index (χ1n) is 7.65. The maximum Gasteiger partial charge on any atom is 0.233 e. The summed E-state index contributed by atoms with van der Waals surface area (Å²) in [6.45, 7) is 2.27. The van der Waals surface area contributed by atoms with E-state index in [0.29, 0.717) is 16.9 Å². The van der Waals surface area contributed by atoms with Crippen LogP contribution >= 0.6 is 12.2 Å². The largest absolute Gasteiger partial charge is 0.392 e. The van der Waals surface area contributed by atoms with Gasteiger partial charge in [0.2, 0.25) is 5.91 Å². The predicted molar refractivity (Wildman–Crippen MR) is 81.9 cm³/mol. The standard InChI is InChI=1S/C15H26N2OS/c1-11-6-5-7-12(10-11)17-14(18)15(13(16)19)8-3-2-4-9-15/h11-12H,2-10H2,1H3,(H2,16,19)(H,17,18). The second kappa shape index (κ2) is 6.21. The Morgan fingerprint density at radius 1 is 1.21 bits per heavy atom. The average Bonchev–Trinajstić information content (AvgIpc) is 2.39. The number of hydrogen-bond acceptors (Lipinski definition) is 2. The van der Waals surface area contributed by atoms with Crippen molar-refractivity contribution >= 4 is 23.1 Å². The van der Waals surface area contributed by atoms with E-state index in [4.69, 9.17) is 18.0 Å². The highest BCUT2D eigenvalue weighted by Gasteiger charge is 2.43. The molecule has 2 unspecified atom stereocenters. The molecule has 0 radical (unpaired) electrons. The van der Waals surface area contributed by atoms with E-state index in [1.165, 1.54) is 19.3 Å². The molecule has 3 N–H and O–H groups in total. The van der Waals surface area contributed by atoms with Gasteiger partial charge in [0, 0.05) is 6.04 Å². The first-order valence-corrected chi connectivity index (χ1v) is 8.06. The van der Waals surface area contributed by atoms with E-state index in [1.807, 2.05) is 0 Å². The van der Waals surface area contributed by atoms with Crippen LogP contribution in [0.4, 0.5) is 0 Å². The molecule has 2 fully saturated rings. The highest BCUT2D eigenvalue weighted by atomic mass is 32.1. The lowest BCUT2D eigenvalue weighted by molar-refractivity contribution is -0.129.